The number of nitrogens with one attached hydrogen (secondary N) is 1. The quantitative estimate of drug-likeness (QED) is 0.832. The molecule has 1 aromatic rings. The minimum absolute atomic E-state index is 0.104. The van der Waals surface area contributed by atoms with Crippen molar-refractivity contribution in [2.75, 3.05) is 25.4 Å². The second kappa shape index (κ2) is 7.10. The number of nitrogen functional groups attached to an aromatic ring is 1. The zero-order valence-corrected chi connectivity index (χ0v) is 12.5. The third-order valence-corrected chi connectivity index (χ3v) is 3.72. The summed E-state index contributed by atoms with van der Waals surface area (Å²) in [5, 5.41) is 6.77. The molecule has 0 atom stereocenters. The van der Waals surface area contributed by atoms with Crippen LogP contribution < -0.4 is 11.1 Å². The standard InChI is InChI=1S/C14H23N5O2/c1-2-19-13(11(15)10-17-19)14(21)16-7-6-12(20)18-8-4-3-5-9-18/h10H,2-9,15H2,1H3,(H,16,21). The van der Waals surface area contributed by atoms with E-state index in [1.165, 1.54) is 12.6 Å². The van der Waals surface area contributed by atoms with Crippen molar-refractivity contribution in [1.82, 2.24) is 20.0 Å². The van der Waals surface area contributed by atoms with E-state index in [0.717, 1.165) is 25.9 Å². The molecule has 0 bridgehead atoms. The number of likely N-dealkylation sites (tertiary alicyclic amines) is 1. The second-order valence-corrected chi connectivity index (χ2v) is 5.21. The number of amides is 2. The summed E-state index contributed by atoms with van der Waals surface area (Å²) >= 11 is 0. The van der Waals surface area contributed by atoms with Gasteiger partial charge in [-0.25, -0.2) is 0 Å². The number of anilines is 1. The Hall–Kier alpha value is -2.05. The molecule has 116 valence electrons. The molecule has 2 rings (SSSR count). The molecule has 0 aromatic carbocycles. The fourth-order valence-electron chi connectivity index (χ4n) is 2.56. The van der Waals surface area contributed by atoms with Crippen LogP contribution in [0.25, 0.3) is 0 Å². The number of rotatable bonds is 5. The fourth-order valence-corrected chi connectivity index (χ4v) is 2.56. The maximum absolute atomic E-state index is 12.1. The van der Waals surface area contributed by atoms with Crippen LogP contribution in [0.4, 0.5) is 5.69 Å². The molecular formula is C14H23N5O2. The Morgan fingerprint density at radius 2 is 2.05 bits per heavy atom. The van der Waals surface area contributed by atoms with Crippen LogP contribution in [-0.4, -0.2) is 46.1 Å². The summed E-state index contributed by atoms with van der Waals surface area (Å²) in [6.45, 7) is 4.46. The third kappa shape index (κ3) is 3.74. The first-order valence-electron chi connectivity index (χ1n) is 7.50. The van der Waals surface area contributed by atoms with E-state index in [0.29, 0.717) is 30.9 Å². The highest BCUT2D eigenvalue weighted by Gasteiger charge is 2.18. The second-order valence-electron chi connectivity index (χ2n) is 5.21. The molecule has 0 aliphatic carbocycles. The van der Waals surface area contributed by atoms with Gasteiger partial charge in [0.1, 0.15) is 5.69 Å². The predicted molar refractivity (Wildman–Crippen MR) is 79.7 cm³/mol. The lowest BCUT2D eigenvalue weighted by molar-refractivity contribution is -0.131. The fraction of sp³-hybridized carbons (Fsp3) is 0.643. The Bertz CT molecular complexity index is 505. The molecule has 0 unspecified atom stereocenters. The van der Waals surface area contributed by atoms with Gasteiger partial charge in [0, 0.05) is 32.6 Å². The topological polar surface area (TPSA) is 93.2 Å². The van der Waals surface area contributed by atoms with Crippen LogP contribution in [0.2, 0.25) is 0 Å². The molecule has 0 spiro atoms. The average molecular weight is 293 g/mol. The number of aromatic nitrogens is 2. The number of carbonyl (C=O) groups excluding carboxylic acids is 2. The smallest absolute Gasteiger partial charge is 0.271 e. The van der Waals surface area contributed by atoms with Crippen LogP contribution in [0.1, 0.15) is 43.1 Å². The Kier molecular flexibility index (Phi) is 5.19. The lowest BCUT2D eigenvalue weighted by atomic mass is 10.1. The number of carbonyl (C=O) groups is 2. The van der Waals surface area contributed by atoms with Crippen LogP contribution in [0.3, 0.4) is 0 Å². The van der Waals surface area contributed by atoms with Crippen LogP contribution in [-0.2, 0) is 11.3 Å². The Balaban J connectivity index is 1.81. The molecule has 1 fully saturated rings. The lowest BCUT2D eigenvalue weighted by Gasteiger charge is -2.26. The first-order chi connectivity index (χ1) is 10.1. The SMILES string of the molecule is CCn1ncc(N)c1C(=O)NCCC(=O)N1CCCCC1. The molecule has 2 heterocycles. The maximum atomic E-state index is 12.1. The summed E-state index contributed by atoms with van der Waals surface area (Å²) in [6, 6.07) is 0. The van der Waals surface area contributed by atoms with E-state index in [1.54, 1.807) is 4.68 Å². The van der Waals surface area contributed by atoms with E-state index >= 15 is 0 Å². The van der Waals surface area contributed by atoms with Gasteiger partial charge in [-0.15, -0.1) is 0 Å². The zero-order chi connectivity index (χ0) is 15.2. The van der Waals surface area contributed by atoms with Gasteiger partial charge >= 0.3 is 0 Å². The molecule has 1 aliphatic heterocycles. The normalized spacial score (nSPS) is 15.0. The summed E-state index contributed by atoms with van der Waals surface area (Å²) in [5.74, 6) is -0.176. The van der Waals surface area contributed by atoms with Crippen molar-refractivity contribution in [2.24, 2.45) is 0 Å². The van der Waals surface area contributed by atoms with Crippen LogP contribution >= 0.6 is 0 Å². The van der Waals surface area contributed by atoms with E-state index in [4.69, 9.17) is 5.73 Å². The minimum Gasteiger partial charge on any atom is -0.396 e. The first kappa shape index (κ1) is 15.3. The molecule has 0 saturated carbocycles. The molecule has 0 radical (unpaired) electrons. The number of aryl methyl sites for hydroxylation is 1. The lowest BCUT2D eigenvalue weighted by Crippen LogP contribution is -2.38. The molecule has 7 nitrogen and oxygen atoms in total. The average Bonchev–Trinajstić information content (AvgIpc) is 2.89. The summed E-state index contributed by atoms with van der Waals surface area (Å²) in [4.78, 5) is 26.0. The van der Waals surface area contributed by atoms with Gasteiger partial charge < -0.3 is 16.0 Å². The van der Waals surface area contributed by atoms with Crippen molar-refractivity contribution in [3.8, 4) is 0 Å². The molecule has 2 amide bonds. The van der Waals surface area contributed by atoms with Gasteiger partial charge in [0.2, 0.25) is 5.91 Å². The Morgan fingerprint density at radius 1 is 1.33 bits per heavy atom. The summed E-state index contributed by atoms with van der Waals surface area (Å²) in [6.07, 6.45) is 5.14. The number of piperidine rings is 1. The van der Waals surface area contributed by atoms with E-state index in [2.05, 4.69) is 10.4 Å². The summed E-state index contributed by atoms with van der Waals surface area (Å²) < 4.78 is 1.55. The van der Waals surface area contributed by atoms with Crippen molar-refractivity contribution in [3.63, 3.8) is 0 Å². The van der Waals surface area contributed by atoms with E-state index in [1.807, 2.05) is 11.8 Å². The molecular weight excluding hydrogens is 270 g/mol. The van der Waals surface area contributed by atoms with Crippen LogP contribution in [0, 0.1) is 0 Å². The Labute approximate surface area is 124 Å². The highest BCUT2D eigenvalue weighted by Crippen LogP contribution is 2.11. The monoisotopic (exact) mass is 293 g/mol. The summed E-state index contributed by atoms with van der Waals surface area (Å²) in [7, 11) is 0. The number of nitrogens with two attached hydrogens (primary N) is 1. The van der Waals surface area contributed by atoms with Crippen molar-refractivity contribution in [1.29, 1.82) is 0 Å². The molecule has 1 saturated heterocycles. The van der Waals surface area contributed by atoms with Crippen molar-refractivity contribution in [2.45, 2.75) is 39.2 Å². The molecule has 3 N–H and O–H groups in total. The largest absolute Gasteiger partial charge is 0.396 e. The minimum atomic E-state index is -0.279. The van der Waals surface area contributed by atoms with E-state index in [-0.39, 0.29) is 11.8 Å². The van der Waals surface area contributed by atoms with Crippen molar-refractivity contribution < 1.29 is 9.59 Å². The van der Waals surface area contributed by atoms with Crippen molar-refractivity contribution >= 4 is 17.5 Å². The van der Waals surface area contributed by atoms with Gasteiger partial charge in [-0.3, -0.25) is 14.3 Å². The third-order valence-electron chi connectivity index (χ3n) is 3.72. The molecule has 21 heavy (non-hydrogen) atoms. The van der Waals surface area contributed by atoms with Crippen LogP contribution in [0.5, 0.6) is 0 Å². The van der Waals surface area contributed by atoms with Gasteiger partial charge in [0.05, 0.1) is 11.9 Å². The van der Waals surface area contributed by atoms with E-state index < -0.39 is 0 Å². The van der Waals surface area contributed by atoms with E-state index in [9.17, 15) is 9.59 Å². The van der Waals surface area contributed by atoms with Gasteiger partial charge in [0.25, 0.3) is 5.91 Å². The highest BCUT2D eigenvalue weighted by atomic mass is 16.2. The van der Waals surface area contributed by atoms with Gasteiger partial charge in [0.15, 0.2) is 0 Å². The number of nitrogens with zero attached hydrogens (tertiary/aromatic N) is 3. The maximum Gasteiger partial charge on any atom is 0.271 e. The predicted octanol–water partition coefficient (Wildman–Crippen LogP) is 0.618. The van der Waals surface area contributed by atoms with Gasteiger partial charge in [-0.2, -0.15) is 5.10 Å². The van der Waals surface area contributed by atoms with Gasteiger partial charge in [-0.05, 0) is 26.2 Å². The number of hydrogen-bond donors (Lipinski definition) is 2. The number of hydrogen-bond acceptors (Lipinski definition) is 4. The van der Waals surface area contributed by atoms with Gasteiger partial charge in [-0.1, -0.05) is 0 Å². The van der Waals surface area contributed by atoms with Crippen molar-refractivity contribution in [3.05, 3.63) is 11.9 Å². The first-order valence-corrected chi connectivity index (χ1v) is 7.50. The highest BCUT2D eigenvalue weighted by molar-refractivity contribution is 5.97. The van der Waals surface area contributed by atoms with Crippen LogP contribution in [0.15, 0.2) is 6.20 Å². The Morgan fingerprint density at radius 3 is 2.71 bits per heavy atom. The molecule has 1 aromatic heterocycles. The summed E-state index contributed by atoms with van der Waals surface area (Å²) in [5.41, 5.74) is 6.47. The zero-order valence-electron chi connectivity index (χ0n) is 12.5. The molecule has 1 aliphatic rings. The molecule has 7 heteroatoms.